The van der Waals surface area contributed by atoms with E-state index in [0.29, 0.717) is 17.1 Å². The molecule has 0 bridgehead atoms. The molecule has 0 fully saturated rings. The van der Waals surface area contributed by atoms with Gasteiger partial charge in [-0.3, -0.25) is 20.4 Å². The van der Waals surface area contributed by atoms with Crippen LogP contribution in [0.25, 0.3) is 16.5 Å². The van der Waals surface area contributed by atoms with Crippen molar-refractivity contribution >= 4 is 38.1 Å². The molecule has 0 radical (unpaired) electrons. The number of methoxy groups -OCH3 is 1. The minimum absolute atomic E-state index is 0.0565. The topological polar surface area (TPSA) is 96.5 Å². The molecule has 34 heavy (non-hydrogen) atoms. The molecular formula is C26H23N3O4S. The maximum Gasteiger partial charge on any atom is 0.269 e. The normalized spacial score (nSPS) is 11.0. The first kappa shape index (κ1) is 22.9. The Hall–Kier alpha value is -4.30. The maximum atomic E-state index is 12.9. The molecule has 0 aliphatic carbocycles. The van der Waals surface area contributed by atoms with E-state index in [-0.39, 0.29) is 10.5 Å². The molecule has 0 aromatic heterocycles. The number of amides is 1. The third kappa shape index (κ3) is 4.87. The molecule has 3 N–H and O–H groups in total. The van der Waals surface area contributed by atoms with Crippen LogP contribution in [0.3, 0.4) is 0 Å². The van der Waals surface area contributed by atoms with Gasteiger partial charge in [-0.15, -0.1) is 0 Å². The summed E-state index contributed by atoms with van der Waals surface area (Å²) in [6.07, 6.45) is 0. The van der Waals surface area contributed by atoms with Crippen LogP contribution in [-0.2, 0) is 10.0 Å². The number of ether oxygens (including phenoxy) is 1. The first-order valence-corrected chi connectivity index (χ1v) is 11.9. The van der Waals surface area contributed by atoms with Crippen LogP contribution in [0.5, 0.6) is 5.75 Å². The van der Waals surface area contributed by atoms with Gasteiger partial charge >= 0.3 is 0 Å². The van der Waals surface area contributed by atoms with E-state index in [1.807, 2.05) is 42.5 Å². The van der Waals surface area contributed by atoms with Crippen molar-refractivity contribution in [3.63, 3.8) is 0 Å². The van der Waals surface area contributed by atoms with Crippen molar-refractivity contribution in [1.29, 1.82) is 0 Å². The van der Waals surface area contributed by atoms with Gasteiger partial charge in [-0.05, 0) is 41.1 Å². The summed E-state index contributed by atoms with van der Waals surface area (Å²) in [5.41, 5.74) is 7.23. The molecule has 7 nitrogen and oxygen atoms in total. The lowest BCUT2D eigenvalue weighted by molar-refractivity contribution is 0.0942. The van der Waals surface area contributed by atoms with Gasteiger partial charge < -0.3 is 4.74 Å². The van der Waals surface area contributed by atoms with E-state index in [1.165, 1.54) is 31.4 Å². The van der Waals surface area contributed by atoms with E-state index in [2.05, 4.69) is 22.2 Å². The van der Waals surface area contributed by atoms with Gasteiger partial charge in [0, 0.05) is 11.1 Å². The monoisotopic (exact) mass is 473 g/mol. The van der Waals surface area contributed by atoms with Gasteiger partial charge in [0.15, 0.2) is 0 Å². The van der Waals surface area contributed by atoms with E-state index >= 15 is 0 Å². The highest BCUT2D eigenvalue weighted by molar-refractivity contribution is 7.92. The number of sulfonamides is 1. The van der Waals surface area contributed by atoms with Crippen molar-refractivity contribution < 1.29 is 17.9 Å². The lowest BCUT2D eigenvalue weighted by Crippen LogP contribution is -2.36. The van der Waals surface area contributed by atoms with Crippen LogP contribution in [0, 0.1) is 0 Å². The molecule has 0 aliphatic rings. The molecule has 0 atom stereocenters. The molecule has 0 heterocycles. The van der Waals surface area contributed by atoms with Gasteiger partial charge in [-0.2, -0.15) is 0 Å². The third-order valence-corrected chi connectivity index (χ3v) is 6.56. The number of benzene rings is 4. The number of rotatable bonds is 8. The molecule has 0 saturated heterocycles. The molecule has 0 unspecified atom stereocenters. The van der Waals surface area contributed by atoms with Gasteiger partial charge in [0.2, 0.25) is 0 Å². The fourth-order valence-electron chi connectivity index (χ4n) is 3.50. The lowest BCUT2D eigenvalue weighted by Gasteiger charge is -2.14. The number of hydrogen-bond acceptors (Lipinski definition) is 5. The summed E-state index contributed by atoms with van der Waals surface area (Å²) in [6, 6.07) is 26.1. The summed E-state index contributed by atoms with van der Waals surface area (Å²) in [5.74, 6) is -0.119. The van der Waals surface area contributed by atoms with Gasteiger partial charge in [0.25, 0.3) is 15.9 Å². The van der Waals surface area contributed by atoms with Crippen LogP contribution in [0.4, 0.5) is 5.69 Å². The largest absolute Gasteiger partial charge is 0.495 e. The zero-order chi connectivity index (χ0) is 24.1. The van der Waals surface area contributed by atoms with Crippen LogP contribution in [-0.4, -0.2) is 21.4 Å². The standard InChI is InChI=1S/C26H23N3O4S/c1-18(22-14-8-10-19-9-3-4-13-23(19)22)27-28-26(30)20-11-7-12-21(17-20)34(31,32)29-24-15-5-6-16-25(24)33-2/h3-17,27,29H,1H2,2H3,(H,28,30). The number of nitrogens with one attached hydrogen (secondary N) is 3. The number of para-hydroxylation sites is 2. The average Bonchev–Trinajstić information content (AvgIpc) is 2.87. The van der Waals surface area contributed by atoms with Crippen LogP contribution < -0.4 is 20.3 Å². The Balaban J connectivity index is 1.49. The fraction of sp³-hybridized carbons (Fsp3) is 0.0385. The lowest BCUT2D eigenvalue weighted by atomic mass is 10.0. The van der Waals surface area contributed by atoms with Crippen LogP contribution in [0.15, 0.2) is 102 Å². The van der Waals surface area contributed by atoms with Crippen molar-refractivity contribution in [2.24, 2.45) is 0 Å². The first-order valence-electron chi connectivity index (χ1n) is 10.4. The number of carbonyl (C=O) groups is 1. The predicted octanol–water partition coefficient (Wildman–Crippen LogP) is 4.55. The molecule has 1 amide bonds. The van der Waals surface area contributed by atoms with Crippen LogP contribution in [0.1, 0.15) is 15.9 Å². The minimum Gasteiger partial charge on any atom is -0.495 e. The van der Waals surface area contributed by atoms with Gasteiger partial charge in [-0.1, -0.05) is 67.2 Å². The summed E-state index contributed by atoms with van der Waals surface area (Å²) in [5, 5.41) is 2.04. The smallest absolute Gasteiger partial charge is 0.269 e. The zero-order valence-electron chi connectivity index (χ0n) is 18.4. The molecule has 4 aromatic rings. The molecule has 0 spiro atoms. The Kier molecular flexibility index (Phi) is 6.51. The Labute approximate surface area is 198 Å². The van der Waals surface area contributed by atoms with Crippen LogP contribution in [0.2, 0.25) is 0 Å². The average molecular weight is 474 g/mol. The first-order chi connectivity index (χ1) is 16.4. The van der Waals surface area contributed by atoms with E-state index in [4.69, 9.17) is 4.74 Å². The summed E-state index contributed by atoms with van der Waals surface area (Å²) in [6.45, 7) is 4.02. The fourth-order valence-corrected chi connectivity index (χ4v) is 4.61. The zero-order valence-corrected chi connectivity index (χ0v) is 19.2. The third-order valence-electron chi connectivity index (χ3n) is 5.20. The quantitative estimate of drug-likeness (QED) is 0.326. The number of anilines is 1. The van der Waals surface area contributed by atoms with Crippen molar-refractivity contribution in [3.8, 4) is 5.75 Å². The number of hydrazine groups is 1. The van der Waals surface area contributed by atoms with E-state index < -0.39 is 15.9 Å². The molecule has 172 valence electrons. The van der Waals surface area contributed by atoms with Gasteiger partial charge in [0.05, 0.1) is 23.4 Å². The van der Waals surface area contributed by atoms with E-state index in [1.54, 1.807) is 24.3 Å². The molecule has 4 aromatic carbocycles. The number of carbonyl (C=O) groups excluding carboxylic acids is 1. The molecule has 8 heteroatoms. The second-order valence-corrected chi connectivity index (χ2v) is 9.10. The summed E-state index contributed by atoms with van der Waals surface area (Å²) in [4.78, 5) is 12.7. The highest BCUT2D eigenvalue weighted by Crippen LogP contribution is 2.26. The summed E-state index contributed by atoms with van der Waals surface area (Å²) >= 11 is 0. The van der Waals surface area contributed by atoms with E-state index in [9.17, 15) is 13.2 Å². The SMILES string of the molecule is C=C(NNC(=O)c1cccc(S(=O)(=O)Nc2ccccc2OC)c1)c1cccc2ccccc12. The van der Waals surface area contributed by atoms with Crippen molar-refractivity contribution in [1.82, 2.24) is 10.9 Å². The Morgan fingerprint density at radius 1 is 0.853 bits per heavy atom. The summed E-state index contributed by atoms with van der Waals surface area (Å²) < 4.78 is 33.5. The van der Waals surface area contributed by atoms with Gasteiger partial charge in [0.1, 0.15) is 5.75 Å². The summed E-state index contributed by atoms with van der Waals surface area (Å²) in [7, 11) is -2.49. The Bertz CT molecular complexity index is 1480. The second-order valence-electron chi connectivity index (χ2n) is 7.42. The minimum atomic E-state index is -3.95. The van der Waals surface area contributed by atoms with Crippen molar-refractivity contribution in [3.05, 3.63) is 109 Å². The highest BCUT2D eigenvalue weighted by atomic mass is 32.2. The van der Waals surface area contributed by atoms with Crippen molar-refractivity contribution in [2.45, 2.75) is 4.90 Å². The maximum absolute atomic E-state index is 12.9. The molecule has 0 aliphatic heterocycles. The predicted molar refractivity (Wildman–Crippen MR) is 134 cm³/mol. The Morgan fingerprint density at radius 2 is 1.56 bits per heavy atom. The highest BCUT2D eigenvalue weighted by Gasteiger charge is 2.18. The molecular weight excluding hydrogens is 450 g/mol. The van der Waals surface area contributed by atoms with Gasteiger partial charge in [-0.25, -0.2) is 8.42 Å². The Morgan fingerprint density at radius 3 is 2.38 bits per heavy atom. The van der Waals surface area contributed by atoms with E-state index in [0.717, 1.165) is 16.3 Å². The van der Waals surface area contributed by atoms with Crippen molar-refractivity contribution in [2.75, 3.05) is 11.8 Å². The second kappa shape index (κ2) is 9.68. The van der Waals surface area contributed by atoms with Crippen LogP contribution >= 0.6 is 0 Å². The number of hydrogen-bond donors (Lipinski definition) is 3. The molecule has 0 saturated carbocycles. The number of fused-ring (bicyclic) bond motifs is 1. The molecule has 4 rings (SSSR count).